The summed E-state index contributed by atoms with van der Waals surface area (Å²) in [6, 6.07) is 0. The van der Waals surface area contributed by atoms with E-state index < -0.39 is 6.10 Å². The van der Waals surface area contributed by atoms with Gasteiger partial charge in [0.2, 0.25) is 0 Å². The molecule has 2 aliphatic rings. The molecule has 18 heavy (non-hydrogen) atoms. The Morgan fingerprint density at radius 1 is 1.39 bits per heavy atom. The van der Waals surface area contributed by atoms with E-state index in [1.54, 1.807) is 5.51 Å². The minimum atomic E-state index is -0.445. The fourth-order valence-electron chi connectivity index (χ4n) is 3.04. The first-order valence-corrected chi connectivity index (χ1v) is 7.51. The van der Waals surface area contributed by atoms with E-state index in [0.717, 1.165) is 51.2 Å². The lowest BCUT2D eigenvalue weighted by Gasteiger charge is -2.44. The Kier molecular flexibility index (Phi) is 3.66. The molecule has 100 valence electrons. The van der Waals surface area contributed by atoms with E-state index in [1.807, 2.05) is 5.38 Å². The van der Waals surface area contributed by atoms with Crippen molar-refractivity contribution in [1.82, 2.24) is 4.98 Å². The SMILES string of the molecule is OC(c1cscn1)C1CCOC2(CCOCC2)C1. The van der Waals surface area contributed by atoms with Crippen molar-refractivity contribution in [2.75, 3.05) is 19.8 Å². The first-order valence-electron chi connectivity index (χ1n) is 6.57. The Labute approximate surface area is 111 Å². The average Bonchev–Trinajstić information content (AvgIpc) is 2.93. The minimum absolute atomic E-state index is 0.0574. The summed E-state index contributed by atoms with van der Waals surface area (Å²) in [5.74, 6) is 0.263. The minimum Gasteiger partial charge on any atom is -0.386 e. The van der Waals surface area contributed by atoms with Crippen molar-refractivity contribution in [2.45, 2.75) is 37.4 Å². The molecule has 0 aliphatic carbocycles. The molecule has 0 aromatic carbocycles. The van der Waals surface area contributed by atoms with Gasteiger partial charge in [0.25, 0.3) is 0 Å². The third-order valence-electron chi connectivity index (χ3n) is 4.14. The maximum Gasteiger partial charge on any atom is 0.0998 e. The summed E-state index contributed by atoms with van der Waals surface area (Å²) in [7, 11) is 0. The Hall–Kier alpha value is -0.490. The fraction of sp³-hybridized carbons (Fsp3) is 0.769. The van der Waals surface area contributed by atoms with Crippen molar-refractivity contribution >= 4 is 11.3 Å². The number of thiazole rings is 1. The molecule has 4 nitrogen and oxygen atoms in total. The molecule has 5 heteroatoms. The number of rotatable bonds is 2. The van der Waals surface area contributed by atoms with E-state index in [1.165, 1.54) is 11.3 Å². The third kappa shape index (κ3) is 2.45. The zero-order valence-corrected chi connectivity index (χ0v) is 11.2. The monoisotopic (exact) mass is 269 g/mol. The molecule has 0 bridgehead atoms. The van der Waals surface area contributed by atoms with Crippen LogP contribution in [0.25, 0.3) is 0 Å². The van der Waals surface area contributed by atoms with Gasteiger partial charge in [0, 0.05) is 25.2 Å². The van der Waals surface area contributed by atoms with Gasteiger partial charge in [0.05, 0.1) is 22.9 Å². The predicted octanol–water partition coefficient (Wildman–Crippen LogP) is 2.15. The highest BCUT2D eigenvalue weighted by atomic mass is 32.1. The Balaban J connectivity index is 1.70. The van der Waals surface area contributed by atoms with Crippen molar-refractivity contribution < 1.29 is 14.6 Å². The van der Waals surface area contributed by atoms with Gasteiger partial charge in [-0.3, -0.25) is 0 Å². The van der Waals surface area contributed by atoms with E-state index in [-0.39, 0.29) is 11.5 Å². The molecule has 0 saturated carbocycles. The molecule has 2 unspecified atom stereocenters. The van der Waals surface area contributed by atoms with Gasteiger partial charge in [-0.1, -0.05) is 0 Å². The van der Waals surface area contributed by atoms with E-state index in [4.69, 9.17) is 9.47 Å². The molecule has 1 N–H and O–H groups in total. The molecule has 3 heterocycles. The molecule has 0 radical (unpaired) electrons. The number of nitrogens with zero attached hydrogens (tertiary/aromatic N) is 1. The van der Waals surface area contributed by atoms with Gasteiger partial charge < -0.3 is 14.6 Å². The van der Waals surface area contributed by atoms with Crippen LogP contribution in [0.1, 0.15) is 37.5 Å². The lowest BCUT2D eigenvalue weighted by molar-refractivity contribution is -0.159. The van der Waals surface area contributed by atoms with Crippen molar-refractivity contribution in [2.24, 2.45) is 5.92 Å². The zero-order valence-electron chi connectivity index (χ0n) is 10.4. The first kappa shape index (κ1) is 12.5. The molecule has 2 atom stereocenters. The van der Waals surface area contributed by atoms with Crippen molar-refractivity contribution in [3.8, 4) is 0 Å². The normalized spacial score (nSPS) is 29.3. The van der Waals surface area contributed by atoms with Gasteiger partial charge in [0.15, 0.2) is 0 Å². The van der Waals surface area contributed by atoms with Crippen LogP contribution in [0, 0.1) is 5.92 Å². The molecule has 2 saturated heterocycles. The van der Waals surface area contributed by atoms with Gasteiger partial charge in [-0.05, 0) is 31.6 Å². The van der Waals surface area contributed by atoms with Crippen LogP contribution in [0.5, 0.6) is 0 Å². The number of hydrogen-bond acceptors (Lipinski definition) is 5. The largest absolute Gasteiger partial charge is 0.386 e. The molecular weight excluding hydrogens is 250 g/mol. The van der Waals surface area contributed by atoms with Crippen molar-refractivity contribution in [1.29, 1.82) is 0 Å². The number of hydrogen-bond donors (Lipinski definition) is 1. The summed E-state index contributed by atoms with van der Waals surface area (Å²) in [5, 5.41) is 12.3. The van der Waals surface area contributed by atoms with Gasteiger partial charge in [-0.2, -0.15) is 0 Å². The number of ether oxygens (including phenoxy) is 2. The Bertz CT molecular complexity index is 370. The topological polar surface area (TPSA) is 51.6 Å². The van der Waals surface area contributed by atoms with Crippen LogP contribution in [-0.4, -0.2) is 35.5 Å². The molecule has 2 fully saturated rings. The quantitative estimate of drug-likeness (QED) is 0.894. The lowest BCUT2D eigenvalue weighted by atomic mass is 9.78. The molecule has 1 spiro atoms. The van der Waals surface area contributed by atoms with Crippen molar-refractivity contribution in [3.63, 3.8) is 0 Å². The molecule has 1 aromatic heterocycles. The predicted molar refractivity (Wildman–Crippen MR) is 68.5 cm³/mol. The van der Waals surface area contributed by atoms with Crippen LogP contribution in [0.4, 0.5) is 0 Å². The van der Waals surface area contributed by atoms with Crippen LogP contribution in [0.2, 0.25) is 0 Å². The lowest BCUT2D eigenvalue weighted by Crippen LogP contribution is -2.45. The second-order valence-corrected chi connectivity index (χ2v) is 5.97. The summed E-state index contributed by atoms with van der Waals surface area (Å²) in [6.07, 6.45) is 3.30. The van der Waals surface area contributed by atoms with Gasteiger partial charge in [0.1, 0.15) is 0 Å². The first-order chi connectivity index (χ1) is 8.79. The van der Waals surface area contributed by atoms with Gasteiger partial charge >= 0.3 is 0 Å². The molecular formula is C13H19NO3S. The summed E-state index contributed by atoms with van der Waals surface area (Å²) >= 11 is 1.54. The molecule has 3 rings (SSSR count). The van der Waals surface area contributed by atoms with Crippen LogP contribution in [0.15, 0.2) is 10.9 Å². The highest BCUT2D eigenvalue weighted by molar-refractivity contribution is 7.07. The van der Waals surface area contributed by atoms with E-state index in [9.17, 15) is 5.11 Å². The smallest absolute Gasteiger partial charge is 0.0998 e. The molecule has 1 aromatic rings. The van der Waals surface area contributed by atoms with Crippen LogP contribution >= 0.6 is 11.3 Å². The fourth-order valence-corrected chi connectivity index (χ4v) is 3.62. The highest BCUT2D eigenvalue weighted by Gasteiger charge is 2.41. The van der Waals surface area contributed by atoms with E-state index in [0.29, 0.717) is 0 Å². The van der Waals surface area contributed by atoms with Crippen LogP contribution in [0.3, 0.4) is 0 Å². The van der Waals surface area contributed by atoms with Gasteiger partial charge in [-0.15, -0.1) is 11.3 Å². The summed E-state index contributed by atoms with van der Waals surface area (Å²) in [5.41, 5.74) is 2.54. The average molecular weight is 269 g/mol. The Morgan fingerprint density at radius 3 is 2.94 bits per heavy atom. The zero-order chi connectivity index (χ0) is 12.4. The summed E-state index contributed by atoms with van der Waals surface area (Å²) < 4.78 is 11.4. The van der Waals surface area contributed by atoms with Crippen molar-refractivity contribution in [3.05, 3.63) is 16.6 Å². The molecule has 2 aliphatic heterocycles. The third-order valence-corrected chi connectivity index (χ3v) is 4.74. The second kappa shape index (κ2) is 5.25. The Morgan fingerprint density at radius 2 is 2.22 bits per heavy atom. The van der Waals surface area contributed by atoms with Crippen LogP contribution in [-0.2, 0) is 9.47 Å². The maximum atomic E-state index is 10.4. The van der Waals surface area contributed by atoms with Crippen LogP contribution < -0.4 is 0 Å². The highest BCUT2D eigenvalue weighted by Crippen LogP contribution is 2.41. The molecule has 0 amide bonds. The maximum absolute atomic E-state index is 10.4. The number of aromatic nitrogens is 1. The summed E-state index contributed by atoms with van der Waals surface area (Å²) in [4.78, 5) is 4.23. The number of aliphatic hydroxyl groups excluding tert-OH is 1. The van der Waals surface area contributed by atoms with E-state index in [2.05, 4.69) is 4.98 Å². The second-order valence-electron chi connectivity index (χ2n) is 5.25. The standard InChI is InChI=1S/C13H19NO3S/c15-12(11-8-18-9-14-11)10-1-4-17-13(7-10)2-5-16-6-3-13/h8-10,12,15H,1-7H2. The summed E-state index contributed by atoms with van der Waals surface area (Å²) in [6.45, 7) is 2.30. The van der Waals surface area contributed by atoms with E-state index >= 15 is 0 Å². The van der Waals surface area contributed by atoms with Gasteiger partial charge in [-0.25, -0.2) is 4.98 Å². The number of aliphatic hydroxyl groups is 1.